The molecule has 0 amide bonds. The van der Waals surface area contributed by atoms with Crippen molar-refractivity contribution in [2.45, 2.75) is 40.0 Å². The lowest BCUT2D eigenvalue weighted by Crippen LogP contribution is -2.28. The van der Waals surface area contributed by atoms with Crippen LogP contribution in [0.5, 0.6) is 0 Å². The van der Waals surface area contributed by atoms with Crippen molar-refractivity contribution in [2.75, 3.05) is 0 Å². The number of pyridine rings is 2. The van der Waals surface area contributed by atoms with E-state index in [1.54, 1.807) is 6.20 Å². The van der Waals surface area contributed by atoms with Crippen LogP contribution in [-0.4, -0.2) is 35.1 Å². The summed E-state index contributed by atoms with van der Waals surface area (Å²) >= 11 is 0. The number of nitrogens with one attached hydrogen (secondary N) is 1. The number of H-pyrrole nitrogens is 1. The van der Waals surface area contributed by atoms with Gasteiger partial charge in [0.05, 0.1) is 18.6 Å². The molecule has 35 heavy (non-hydrogen) atoms. The zero-order valence-electron chi connectivity index (χ0n) is 19.8. The van der Waals surface area contributed by atoms with Crippen LogP contribution in [0.1, 0.15) is 33.6 Å². The third-order valence-corrected chi connectivity index (χ3v) is 6.19. The number of tetrazole rings is 1. The molecule has 8 heteroatoms. The van der Waals surface area contributed by atoms with Gasteiger partial charge in [0, 0.05) is 36.4 Å². The predicted octanol–water partition coefficient (Wildman–Crippen LogP) is 3.78. The van der Waals surface area contributed by atoms with E-state index in [1.807, 2.05) is 60.3 Å². The molecule has 0 atom stereocenters. The fourth-order valence-corrected chi connectivity index (χ4v) is 4.31. The van der Waals surface area contributed by atoms with Gasteiger partial charge in [-0.2, -0.15) is 0 Å². The summed E-state index contributed by atoms with van der Waals surface area (Å²) in [6.07, 6.45) is 3.60. The van der Waals surface area contributed by atoms with Crippen LogP contribution >= 0.6 is 0 Å². The van der Waals surface area contributed by atoms with Crippen LogP contribution in [0.4, 0.5) is 0 Å². The number of hydrogen-bond donors (Lipinski definition) is 1. The predicted molar refractivity (Wildman–Crippen MR) is 135 cm³/mol. The van der Waals surface area contributed by atoms with Gasteiger partial charge in [0.2, 0.25) is 0 Å². The molecule has 176 valence electrons. The van der Waals surface area contributed by atoms with Gasteiger partial charge in [-0.05, 0) is 58.7 Å². The first-order valence-corrected chi connectivity index (χ1v) is 11.6. The van der Waals surface area contributed by atoms with E-state index in [1.165, 1.54) is 0 Å². The minimum Gasteiger partial charge on any atom is -0.321 e. The van der Waals surface area contributed by atoms with Crippen LogP contribution in [0.15, 0.2) is 77.9 Å². The maximum Gasteiger partial charge on any atom is 0.252 e. The van der Waals surface area contributed by atoms with Gasteiger partial charge in [-0.25, -0.2) is 4.68 Å². The third kappa shape index (κ3) is 5.17. The van der Waals surface area contributed by atoms with E-state index in [9.17, 15) is 4.79 Å². The summed E-state index contributed by atoms with van der Waals surface area (Å²) in [7, 11) is 0. The number of fused-ring (bicyclic) bond motifs is 1. The summed E-state index contributed by atoms with van der Waals surface area (Å²) in [6.45, 7) is 6.20. The topological polar surface area (TPSA) is 92.6 Å². The summed E-state index contributed by atoms with van der Waals surface area (Å²) in [5, 5.41) is 13.5. The minimum atomic E-state index is -0.0775. The minimum absolute atomic E-state index is 0.0775. The average Bonchev–Trinajstić information content (AvgIpc) is 3.30. The zero-order chi connectivity index (χ0) is 24.2. The van der Waals surface area contributed by atoms with Gasteiger partial charge in [0.1, 0.15) is 0 Å². The normalized spacial score (nSPS) is 11.4. The highest BCUT2D eigenvalue weighted by molar-refractivity contribution is 5.85. The molecule has 0 aliphatic carbocycles. The molecule has 0 fully saturated rings. The van der Waals surface area contributed by atoms with E-state index in [0.717, 1.165) is 39.0 Å². The lowest BCUT2D eigenvalue weighted by Gasteiger charge is -2.22. The monoisotopic (exact) mass is 465 g/mol. The smallest absolute Gasteiger partial charge is 0.252 e. The quantitative estimate of drug-likeness (QED) is 0.375. The highest BCUT2D eigenvalue weighted by atomic mass is 16.1. The number of benzene rings is 2. The second kappa shape index (κ2) is 9.99. The summed E-state index contributed by atoms with van der Waals surface area (Å²) in [5.74, 6) is 0.738. The van der Waals surface area contributed by atoms with E-state index in [-0.39, 0.29) is 5.56 Å². The number of aromatic amines is 1. The second-order valence-corrected chi connectivity index (χ2v) is 8.86. The maximum absolute atomic E-state index is 13.1. The molecule has 5 rings (SSSR count). The molecule has 0 radical (unpaired) electrons. The lowest BCUT2D eigenvalue weighted by atomic mass is 10.0. The second-order valence-electron chi connectivity index (χ2n) is 8.86. The third-order valence-electron chi connectivity index (χ3n) is 6.19. The molecular formula is C27H27N7O. The van der Waals surface area contributed by atoms with Gasteiger partial charge in [-0.1, -0.05) is 48.5 Å². The average molecular weight is 466 g/mol. The standard InChI is InChI=1S/C27H27N7O/c1-19-10-11-20(2)26-24(19)13-23(27(35)29-26)17-33(15-22-9-6-12-28-14-22)18-25-30-31-32-34(25)16-21-7-4-3-5-8-21/h3-14H,15-18H2,1-2H3,(H,29,35). The Bertz CT molecular complexity index is 1490. The van der Waals surface area contributed by atoms with E-state index in [2.05, 4.69) is 55.5 Å². The Morgan fingerprint density at radius 2 is 1.71 bits per heavy atom. The van der Waals surface area contributed by atoms with Crippen molar-refractivity contribution in [1.29, 1.82) is 0 Å². The number of nitrogens with zero attached hydrogens (tertiary/aromatic N) is 6. The van der Waals surface area contributed by atoms with E-state index >= 15 is 0 Å². The molecule has 0 aliphatic rings. The van der Waals surface area contributed by atoms with Crippen molar-refractivity contribution >= 4 is 10.9 Å². The zero-order valence-corrected chi connectivity index (χ0v) is 19.8. The first-order valence-electron chi connectivity index (χ1n) is 11.6. The van der Waals surface area contributed by atoms with E-state index < -0.39 is 0 Å². The summed E-state index contributed by atoms with van der Waals surface area (Å²) in [5.41, 5.74) is 5.89. The lowest BCUT2D eigenvalue weighted by molar-refractivity contribution is 0.235. The fourth-order valence-electron chi connectivity index (χ4n) is 4.31. The number of rotatable bonds is 8. The van der Waals surface area contributed by atoms with Crippen LogP contribution in [-0.2, 0) is 26.2 Å². The molecule has 3 heterocycles. The van der Waals surface area contributed by atoms with Crippen molar-refractivity contribution in [3.8, 4) is 0 Å². The molecule has 3 aromatic heterocycles. The first-order chi connectivity index (χ1) is 17.1. The van der Waals surface area contributed by atoms with Crippen molar-refractivity contribution in [2.24, 2.45) is 0 Å². The van der Waals surface area contributed by atoms with Gasteiger partial charge >= 0.3 is 0 Å². The Morgan fingerprint density at radius 3 is 2.51 bits per heavy atom. The molecule has 1 N–H and O–H groups in total. The Morgan fingerprint density at radius 1 is 0.914 bits per heavy atom. The molecule has 0 saturated heterocycles. The fraction of sp³-hybridized carbons (Fsp3) is 0.222. The first kappa shape index (κ1) is 22.6. The van der Waals surface area contributed by atoms with E-state index in [4.69, 9.17) is 0 Å². The Balaban J connectivity index is 1.46. The van der Waals surface area contributed by atoms with Crippen LogP contribution in [0.25, 0.3) is 10.9 Å². The van der Waals surface area contributed by atoms with Gasteiger partial charge < -0.3 is 4.98 Å². The van der Waals surface area contributed by atoms with Crippen LogP contribution in [0.2, 0.25) is 0 Å². The SMILES string of the molecule is Cc1ccc(C)c2[nH]c(=O)c(CN(Cc3cccnc3)Cc3nnnn3Cc3ccccc3)cc12. The van der Waals surface area contributed by atoms with Crippen LogP contribution in [0.3, 0.4) is 0 Å². The van der Waals surface area contributed by atoms with Crippen molar-refractivity contribution in [1.82, 2.24) is 35.1 Å². The Kier molecular flexibility index (Phi) is 6.45. The van der Waals surface area contributed by atoms with Gasteiger partial charge in [-0.3, -0.25) is 14.7 Å². The molecule has 0 aliphatic heterocycles. The molecular weight excluding hydrogens is 438 g/mol. The molecule has 0 saturated carbocycles. The molecule has 0 spiro atoms. The molecule has 5 aromatic rings. The number of hydrogen-bond acceptors (Lipinski definition) is 6. The summed E-state index contributed by atoms with van der Waals surface area (Å²) in [4.78, 5) is 22.6. The van der Waals surface area contributed by atoms with Crippen molar-refractivity contribution in [3.63, 3.8) is 0 Å². The number of aryl methyl sites for hydroxylation is 2. The van der Waals surface area contributed by atoms with Crippen LogP contribution < -0.4 is 5.56 Å². The largest absolute Gasteiger partial charge is 0.321 e. The molecule has 8 nitrogen and oxygen atoms in total. The maximum atomic E-state index is 13.1. The molecule has 0 bridgehead atoms. The van der Waals surface area contributed by atoms with Gasteiger partial charge in [-0.15, -0.1) is 5.10 Å². The summed E-state index contributed by atoms with van der Waals surface area (Å²) in [6, 6.07) is 20.2. The van der Waals surface area contributed by atoms with Crippen molar-refractivity contribution in [3.05, 3.63) is 117 Å². The number of aromatic nitrogens is 6. The molecule has 2 aromatic carbocycles. The van der Waals surface area contributed by atoms with Crippen molar-refractivity contribution < 1.29 is 0 Å². The van der Waals surface area contributed by atoms with E-state index in [0.29, 0.717) is 31.7 Å². The molecule has 0 unspecified atom stereocenters. The highest BCUT2D eigenvalue weighted by Gasteiger charge is 2.17. The van der Waals surface area contributed by atoms with Gasteiger partial charge in [0.15, 0.2) is 5.82 Å². The van der Waals surface area contributed by atoms with Crippen LogP contribution in [0, 0.1) is 13.8 Å². The van der Waals surface area contributed by atoms with Gasteiger partial charge in [0.25, 0.3) is 5.56 Å². The summed E-state index contributed by atoms with van der Waals surface area (Å²) < 4.78 is 1.81. The highest BCUT2D eigenvalue weighted by Crippen LogP contribution is 2.21. The Labute approximate surface area is 203 Å². The Hall–Kier alpha value is -4.17.